The minimum Gasteiger partial charge on any atom is -0.480 e. The highest BCUT2D eigenvalue weighted by Crippen LogP contribution is 2.23. The van der Waals surface area contributed by atoms with E-state index in [-0.39, 0.29) is 25.3 Å². The Labute approximate surface area is 278 Å². The number of carbonyl (C=O) groups is 4. The highest BCUT2D eigenvalue weighted by atomic mass is 32.1. The summed E-state index contributed by atoms with van der Waals surface area (Å²) < 4.78 is 9.14. The van der Waals surface area contributed by atoms with Gasteiger partial charge in [-0.2, -0.15) is 22.7 Å². The lowest BCUT2D eigenvalue weighted by molar-refractivity contribution is -0.142. The third kappa shape index (κ3) is 12.1. The number of hydrogen-bond acceptors (Lipinski definition) is 11. The number of rotatable bonds is 9. The molecule has 13 heteroatoms. The second kappa shape index (κ2) is 19.7. The normalized spacial score (nSPS) is 11.4. The highest BCUT2D eigenvalue weighted by molar-refractivity contribution is 7.08. The second-order valence-electron chi connectivity index (χ2n) is 9.86. The van der Waals surface area contributed by atoms with Gasteiger partial charge in [0.05, 0.1) is 25.3 Å². The standard InChI is InChI=1S/C16H18N2O3S.C8H11NO2S.C8H9NO2.CH4/c1-18(2)14(12-8-9-22-10-12)15(19)17-13-6-4-11(5-7-13)16(20)21-3;1-9(2)7(8(10)11)6-3-4-12-5-6;1-11-8(10)6-2-4-7(9)5-3-6;/h4-10,14H,1-3H3,(H,17,19);3-5,7H,1-2H3,(H,10,11);2-5H,9H2,1H3;1H4. The molecule has 1 amide bonds. The summed E-state index contributed by atoms with van der Waals surface area (Å²) in [7, 11) is 9.93. The Balaban J connectivity index is 0.000000374. The fraction of sp³-hybridized carbons (Fsp3) is 0.273. The van der Waals surface area contributed by atoms with Gasteiger partial charge in [0.25, 0.3) is 0 Å². The lowest BCUT2D eigenvalue weighted by atomic mass is 10.1. The molecule has 2 atom stereocenters. The highest BCUT2D eigenvalue weighted by Gasteiger charge is 2.24. The van der Waals surface area contributed by atoms with E-state index in [4.69, 9.17) is 10.8 Å². The van der Waals surface area contributed by atoms with Crippen LogP contribution in [0.5, 0.6) is 0 Å². The number of hydrogen-bond donors (Lipinski definition) is 3. The van der Waals surface area contributed by atoms with E-state index in [2.05, 4.69) is 14.8 Å². The van der Waals surface area contributed by atoms with E-state index in [1.54, 1.807) is 78.9 Å². The number of nitrogens with zero attached hydrogens (tertiary/aromatic N) is 2. The Hall–Kier alpha value is -4.56. The lowest BCUT2D eigenvalue weighted by Gasteiger charge is -2.22. The molecule has 0 aliphatic carbocycles. The molecule has 0 fully saturated rings. The van der Waals surface area contributed by atoms with Gasteiger partial charge in [-0.05, 0) is 122 Å². The van der Waals surface area contributed by atoms with Crippen molar-refractivity contribution in [1.29, 1.82) is 0 Å². The first kappa shape index (κ1) is 39.5. The van der Waals surface area contributed by atoms with E-state index < -0.39 is 18.0 Å². The molecule has 4 aromatic rings. The molecular weight excluding hydrogens is 629 g/mol. The Kier molecular flexibility index (Phi) is 16.9. The van der Waals surface area contributed by atoms with E-state index in [1.165, 1.54) is 25.6 Å². The van der Waals surface area contributed by atoms with Crippen LogP contribution < -0.4 is 11.1 Å². The van der Waals surface area contributed by atoms with Gasteiger partial charge in [0.1, 0.15) is 12.1 Å². The van der Waals surface area contributed by atoms with Gasteiger partial charge in [-0.15, -0.1) is 0 Å². The topological polar surface area (TPSA) is 152 Å². The van der Waals surface area contributed by atoms with E-state index in [1.807, 2.05) is 52.6 Å². The van der Waals surface area contributed by atoms with Crippen LogP contribution in [-0.4, -0.2) is 81.1 Å². The van der Waals surface area contributed by atoms with Crippen LogP contribution in [0.1, 0.15) is 51.4 Å². The number of esters is 2. The molecule has 248 valence electrons. The molecule has 0 radical (unpaired) electrons. The number of methoxy groups -OCH3 is 2. The molecule has 2 aromatic carbocycles. The summed E-state index contributed by atoms with van der Waals surface area (Å²) in [5, 5.41) is 19.4. The number of anilines is 2. The van der Waals surface area contributed by atoms with Crippen molar-refractivity contribution in [3.63, 3.8) is 0 Å². The van der Waals surface area contributed by atoms with Crippen LogP contribution in [0.15, 0.2) is 82.2 Å². The molecule has 0 saturated carbocycles. The van der Waals surface area contributed by atoms with Gasteiger partial charge in [-0.25, -0.2) is 9.59 Å². The number of nitrogens with two attached hydrogens (primary N) is 1. The number of carboxylic acids is 1. The molecule has 0 aliphatic heterocycles. The Bertz CT molecular complexity index is 1490. The molecule has 0 aliphatic rings. The number of nitrogen functional groups attached to an aromatic ring is 1. The van der Waals surface area contributed by atoms with Gasteiger partial charge in [0, 0.05) is 11.4 Å². The molecule has 11 nitrogen and oxygen atoms in total. The Morgan fingerprint density at radius 1 is 0.717 bits per heavy atom. The predicted molar refractivity (Wildman–Crippen MR) is 184 cm³/mol. The van der Waals surface area contributed by atoms with Crippen molar-refractivity contribution in [3.8, 4) is 0 Å². The summed E-state index contributed by atoms with van der Waals surface area (Å²) >= 11 is 3.07. The maximum Gasteiger partial charge on any atom is 0.337 e. The van der Waals surface area contributed by atoms with Crippen molar-refractivity contribution in [2.24, 2.45) is 0 Å². The first-order chi connectivity index (χ1) is 21.4. The van der Waals surface area contributed by atoms with Crippen molar-refractivity contribution in [2.75, 3.05) is 53.5 Å². The van der Waals surface area contributed by atoms with Gasteiger partial charge in [-0.3, -0.25) is 19.4 Å². The van der Waals surface area contributed by atoms with Crippen molar-refractivity contribution in [1.82, 2.24) is 9.80 Å². The maximum absolute atomic E-state index is 12.5. The Morgan fingerprint density at radius 2 is 1.13 bits per heavy atom. The number of carboxylic acid groups (broad SMARTS) is 1. The molecule has 2 aromatic heterocycles. The number of thiophene rings is 2. The molecule has 0 saturated heterocycles. The van der Waals surface area contributed by atoms with Crippen molar-refractivity contribution in [2.45, 2.75) is 19.5 Å². The molecule has 4 rings (SSSR count). The van der Waals surface area contributed by atoms with E-state index in [0.29, 0.717) is 22.5 Å². The zero-order valence-corrected chi connectivity index (χ0v) is 27.6. The molecule has 2 unspecified atom stereocenters. The molecule has 0 bridgehead atoms. The largest absolute Gasteiger partial charge is 0.480 e. The number of carbonyl (C=O) groups excluding carboxylic acids is 3. The number of likely N-dealkylation sites (N-methyl/N-ethyl adjacent to an activating group) is 2. The summed E-state index contributed by atoms with van der Waals surface area (Å²) in [4.78, 5) is 49.1. The molecule has 4 N–H and O–H groups in total. The third-order valence-electron chi connectivity index (χ3n) is 6.14. The number of amides is 1. The average molecular weight is 671 g/mol. The number of aliphatic carboxylic acids is 1. The zero-order chi connectivity index (χ0) is 33.5. The number of ether oxygens (including phenoxy) is 2. The van der Waals surface area contributed by atoms with Crippen molar-refractivity contribution < 1.29 is 33.8 Å². The minimum absolute atomic E-state index is 0. The Morgan fingerprint density at radius 3 is 1.48 bits per heavy atom. The number of benzene rings is 2. The van der Waals surface area contributed by atoms with E-state index in [0.717, 1.165) is 11.1 Å². The fourth-order valence-electron chi connectivity index (χ4n) is 3.96. The monoisotopic (exact) mass is 670 g/mol. The number of nitrogens with one attached hydrogen (secondary N) is 1. The van der Waals surface area contributed by atoms with Crippen molar-refractivity contribution >= 4 is 57.9 Å². The average Bonchev–Trinajstić information content (AvgIpc) is 3.73. The molecule has 46 heavy (non-hydrogen) atoms. The molecular formula is C33H42N4O7S2. The predicted octanol–water partition coefficient (Wildman–Crippen LogP) is 5.90. The van der Waals surface area contributed by atoms with Crippen LogP contribution in [0, 0.1) is 0 Å². The second-order valence-corrected chi connectivity index (χ2v) is 11.4. The third-order valence-corrected chi connectivity index (χ3v) is 7.54. The van der Waals surface area contributed by atoms with Gasteiger partial charge in [-0.1, -0.05) is 7.43 Å². The first-order valence-electron chi connectivity index (χ1n) is 13.4. The summed E-state index contributed by atoms with van der Waals surface area (Å²) in [6.45, 7) is 0. The SMILES string of the molecule is C.CN(C)C(C(=O)O)c1ccsc1.COC(=O)c1ccc(N)cc1.COC(=O)c1ccc(NC(=O)C(c2ccsc2)N(C)C)cc1. The van der Waals surface area contributed by atoms with Gasteiger partial charge < -0.3 is 25.6 Å². The van der Waals surface area contributed by atoms with E-state index in [9.17, 15) is 19.2 Å². The fourth-order valence-corrected chi connectivity index (χ4v) is 5.32. The maximum atomic E-state index is 12.5. The van der Waals surface area contributed by atoms with Crippen LogP contribution in [0.4, 0.5) is 11.4 Å². The van der Waals surface area contributed by atoms with Gasteiger partial charge in [0.15, 0.2) is 0 Å². The molecule has 2 heterocycles. The summed E-state index contributed by atoms with van der Waals surface area (Å²) in [5.74, 6) is -1.67. The molecule has 0 spiro atoms. The summed E-state index contributed by atoms with van der Waals surface area (Å²) in [6.07, 6.45) is 0. The summed E-state index contributed by atoms with van der Waals surface area (Å²) in [6, 6.07) is 16.1. The van der Waals surface area contributed by atoms with Crippen LogP contribution >= 0.6 is 22.7 Å². The minimum atomic E-state index is -0.807. The zero-order valence-electron chi connectivity index (χ0n) is 25.9. The van der Waals surface area contributed by atoms with E-state index >= 15 is 0 Å². The van der Waals surface area contributed by atoms with Crippen LogP contribution in [0.25, 0.3) is 0 Å². The van der Waals surface area contributed by atoms with Gasteiger partial charge in [0.2, 0.25) is 5.91 Å². The first-order valence-corrected chi connectivity index (χ1v) is 15.3. The van der Waals surface area contributed by atoms with Crippen LogP contribution in [-0.2, 0) is 19.1 Å². The van der Waals surface area contributed by atoms with Gasteiger partial charge >= 0.3 is 17.9 Å². The smallest absolute Gasteiger partial charge is 0.337 e. The lowest BCUT2D eigenvalue weighted by Crippen LogP contribution is -2.31. The quantitative estimate of drug-likeness (QED) is 0.145. The van der Waals surface area contributed by atoms with Crippen LogP contribution in [0.2, 0.25) is 0 Å². The summed E-state index contributed by atoms with van der Waals surface area (Å²) in [5.41, 5.74) is 9.46. The van der Waals surface area contributed by atoms with Crippen molar-refractivity contribution in [3.05, 3.63) is 104 Å². The van der Waals surface area contributed by atoms with Crippen LogP contribution in [0.3, 0.4) is 0 Å².